The van der Waals surface area contributed by atoms with Gasteiger partial charge in [-0.2, -0.15) is 10.4 Å². The third-order valence-corrected chi connectivity index (χ3v) is 3.02. The first kappa shape index (κ1) is 13.6. The zero-order chi connectivity index (χ0) is 14.7. The number of aryl methyl sites for hydroxylation is 2. The lowest BCUT2D eigenvalue weighted by Crippen LogP contribution is -2.26. The number of nitrogens with zero attached hydrogens (tertiary/aromatic N) is 3. The fourth-order valence-corrected chi connectivity index (χ4v) is 1.91. The van der Waals surface area contributed by atoms with Crippen LogP contribution in [0, 0.1) is 18.3 Å². The molecule has 2 aromatic rings. The van der Waals surface area contributed by atoms with E-state index in [4.69, 9.17) is 11.0 Å². The lowest BCUT2D eigenvalue weighted by Gasteiger charge is -2.06. The molecule has 0 fully saturated rings. The molecule has 102 valence electrons. The molecular weight excluding hydrogens is 254 g/mol. The summed E-state index contributed by atoms with van der Waals surface area (Å²) in [5, 5.41) is 15.6. The number of anilines is 1. The second-order valence-electron chi connectivity index (χ2n) is 4.46. The third kappa shape index (κ3) is 2.62. The van der Waals surface area contributed by atoms with Crippen molar-refractivity contribution in [2.75, 3.05) is 5.73 Å². The van der Waals surface area contributed by atoms with E-state index in [1.54, 1.807) is 38.2 Å². The van der Waals surface area contributed by atoms with Gasteiger partial charge >= 0.3 is 0 Å². The van der Waals surface area contributed by atoms with Crippen LogP contribution in [0.2, 0.25) is 0 Å². The molecule has 0 saturated carbocycles. The van der Waals surface area contributed by atoms with Gasteiger partial charge in [-0.3, -0.25) is 9.48 Å². The number of nitrogens with one attached hydrogen (secondary N) is 1. The van der Waals surface area contributed by atoms with Crippen molar-refractivity contribution in [1.82, 2.24) is 15.1 Å². The van der Waals surface area contributed by atoms with Crippen molar-refractivity contribution in [2.45, 2.75) is 13.5 Å². The fourth-order valence-electron chi connectivity index (χ4n) is 1.91. The summed E-state index contributed by atoms with van der Waals surface area (Å²) in [4.78, 5) is 12.1. The van der Waals surface area contributed by atoms with E-state index in [1.807, 2.05) is 6.07 Å². The van der Waals surface area contributed by atoms with Gasteiger partial charge in [-0.25, -0.2) is 0 Å². The van der Waals surface area contributed by atoms with Crippen LogP contribution in [0.1, 0.15) is 27.3 Å². The van der Waals surface area contributed by atoms with Crippen molar-refractivity contribution >= 4 is 11.6 Å². The molecule has 1 aromatic heterocycles. The zero-order valence-electron chi connectivity index (χ0n) is 11.3. The summed E-state index contributed by atoms with van der Waals surface area (Å²) in [5.41, 5.74) is 8.72. The van der Waals surface area contributed by atoms with Crippen molar-refractivity contribution in [3.8, 4) is 6.07 Å². The monoisotopic (exact) mass is 269 g/mol. The van der Waals surface area contributed by atoms with E-state index >= 15 is 0 Å². The van der Waals surface area contributed by atoms with Crippen LogP contribution in [-0.2, 0) is 13.6 Å². The second kappa shape index (κ2) is 5.45. The number of aromatic nitrogens is 2. The molecule has 1 heterocycles. The van der Waals surface area contributed by atoms with Crippen LogP contribution in [0.25, 0.3) is 0 Å². The molecule has 0 bridgehead atoms. The Morgan fingerprint density at radius 2 is 2.10 bits per heavy atom. The fraction of sp³-hybridized carbons (Fsp3) is 0.214. The van der Waals surface area contributed by atoms with Gasteiger partial charge in [0.2, 0.25) is 0 Å². The average molecular weight is 269 g/mol. The van der Waals surface area contributed by atoms with Gasteiger partial charge in [0.05, 0.1) is 23.0 Å². The predicted octanol–water partition coefficient (Wildman–Crippen LogP) is 1.11. The van der Waals surface area contributed by atoms with Gasteiger partial charge in [0.15, 0.2) is 0 Å². The molecule has 1 aromatic carbocycles. The first-order valence-electron chi connectivity index (χ1n) is 6.09. The number of amides is 1. The predicted molar refractivity (Wildman–Crippen MR) is 74.7 cm³/mol. The summed E-state index contributed by atoms with van der Waals surface area (Å²) < 4.78 is 1.47. The van der Waals surface area contributed by atoms with Crippen LogP contribution in [-0.4, -0.2) is 15.7 Å². The van der Waals surface area contributed by atoms with E-state index < -0.39 is 0 Å². The molecule has 6 heteroatoms. The minimum Gasteiger partial charge on any atom is -0.395 e. The second-order valence-corrected chi connectivity index (χ2v) is 4.46. The lowest BCUT2D eigenvalue weighted by molar-refractivity contribution is 0.0942. The van der Waals surface area contributed by atoms with E-state index in [2.05, 4.69) is 10.4 Å². The number of benzene rings is 1. The first-order valence-corrected chi connectivity index (χ1v) is 6.09. The lowest BCUT2D eigenvalue weighted by atomic mass is 10.1. The molecule has 0 saturated heterocycles. The van der Waals surface area contributed by atoms with Crippen molar-refractivity contribution in [2.24, 2.45) is 7.05 Å². The SMILES string of the molecule is Cc1nn(C)c(C(=O)NCc2ccc(C#N)cc2)c1N. The van der Waals surface area contributed by atoms with Crippen LogP contribution >= 0.6 is 0 Å². The Labute approximate surface area is 116 Å². The van der Waals surface area contributed by atoms with E-state index in [1.165, 1.54) is 4.68 Å². The quantitative estimate of drug-likeness (QED) is 0.872. The van der Waals surface area contributed by atoms with Crippen LogP contribution in [0.15, 0.2) is 24.3 Å². The Morgan fingerprint density at radius 1 is 1.45 bits per heavy atom. The summed E-state index contributed by atoms with van der Waals surface area (Å²) in [6.07, 6.45) is 0. The summed E-state index contributed by atoms with van der Waals surface area (Å²) in [6.45, 7) is 2.13. The highest BCUT2D eigenvalue weighted by Crippen LogP contribution is 2.15. The first-order chi connectivity index (χ1) is 9.52. The molecule has 0 unspecified atom stereocenters. The highest BCUT2D eigenvalue weighted by atomic mass is 16.2. The molecule has 20 heavy (non-hydrogen) atoms. The van der Waals surface area contributed by atoms with Crippen LogP contribution in [0.3, 0.4) is 0 Å². The summed E-state index contributed by atoms with van der Waals surface area (Å²) in [6, 6.07) is 9.08. The van der Waals surface area contributed by atoms with E-state index in [0.29, 0.717) is 29.2 Å². The van der Waals surface area contributed by atoms with Gasteiger partial charge in [-0.15, -0.1) is 0 Å². The van der Waals surface area contributed by atoms with Crippen LogP contribution in [0.4, 0.5) is 5.69 Å². The number of nitrogen functional groups attached to an aromatic ring is 1. The van der Waals surface area contributed by atoms with Gasteiger partial charge in [0.1, 0.15) is 5.69 Å². The Kier molecular flexibility index (Phi) is 3.71. The van der Waals surface area contributed by atoms with Gasteiger partial charge in [-0.05, 0) is 24.6 Å². The maximum atomic E-state index is 12.1. The molecule has 2 rings (SSSR count). The number of rotatable bonds is 3. The van der Waals surface area contributed by atoms with Gasteiger partial charge < -0.3 is 11.1 Å². The molecule has 1 amide bonds. The van der Waals surface area contributed by atoms with Gasteiger partial charge in [0, 0.05) is 13.6 Å². The average Bonchev–Trinajstić information content (AvgIpc) is 2.70. The minimum absolute atomic E-state index is 0.269. The molecule has 0 aliphatic rings. The van der Waals surface area contributed by atoms with E-state index in [0.717, 1.165) is 5.56 Å². The summed E-state index contributed by atoms with van der Waals surface area (Å²) in [5.74, 6) is -0.269. The molecule has 0 aliphatic carbocycles. The molecule has 3 N–H and O–H groups in total. The molecule has 0 spiro atoms. The zero-order valence-corrected chi connectivity index (χ0v) is 11.3. The summed E-state index contributed by atoms with van der Waals surface area (Å²) >= 11 is 0. The Bertz CT molecular complexity index is 679. The van der Waals surface area contributed by atoms with E-state index in [9.17, 15) is 4.79 Å². The number of hydrogen-bond donors (Lipinski definition) is 2. The maximum Gasteiger partial charge on any atom is 0.271 e. The molecule has 0 radical (unpaired) electrons. The highest BCUT2D eigenvalue weighted by Gasteiger charge is 2.17. The Hall–Kier alpha value is -2.81. The topological polar surface area (TPSA) is 96.7 Å². The Morgan fingerprint density at radius 3 is 2.60 bits per heavy atom. The number of carbonyl (C=O) groups excluding carboxylic acids is 1. The number of nitriles is 1. The smallest absolute Gasteiger partial charge is 0.271 e. The molecule has 0 atom stereocenters. The molecular formula is C14H15N5O. The number of nitrogens with two attached hydrogens (primary N) is 1. The van der Waals surface area contributed by atoms with Gasteiger partial charge in [-0.1, -0.05) is 12.1 Å². The number of carbonyl (C=O) groups is 1. The highest BCUT2D eigenvalue weighted by molar-refractivity contribution is 5.97. The normalized spacial score (nSPS) is 10.1. The van der Waals surface area contributed by atoms with Crippen molar-refractivity contribution in [3.63, 3.8) is 0 Å². The Balaban J connectivity index is 2.07. The van der Waals surface area contributed by atoms with Crippen molar-refractivity contribution in [1.29, 1.82) is 5.26 Å². The van der Waals surface area contributed by atoms with Crippen molar-refractivity contribution < 1.29 is 4.79 Å². The minimum atomic E-state index is -0.269. The van der Waals surface area contributed by atoms with Crippen LogP contribution < -0.4 is 11.1 Å². The summed E-state index contributed by atoms with van der Waals surface area (Å²) in [7, 11) is 1.68. The maximum absolute atomic E-state index is 12.1. The third-order valence-electron chi connectivity index (χ3n) is 3.02. The molecule has 0 aliphatic heterocycles. The largest absolute Gasteiger partial charge is 0.395 e. The molecule has 6 nitrogen and oxygen atoms in total. The van der Waals surface area contributed by atoms with Gasteiger partial charge in [0.25, 0.3) is 5.91 Å². The van der Waals surface area contributed by atoms with Crippen LogP contribution in [0.5, 0.6) is 0 Å². The van der Waals surface area contributed by atoms with Crippen molar-refractivity contribution in [3.05, 3.63) is 46.8 Å². The van der Waals surface area contributed by atoms with E-state index in [-0.39, 0.29) is 5.91 Å². The number of hydrogen-bond acceptors (Lipinski definition) is 4. The standard InChI is InChI=1S/C14H15N5O/c1-9-12(16)13(19(2)18-9)14(20)17-8-11-5-3-10(7-15)4-6-11/h3-6H,8,16H2,1-2H3,(H,17,20).